The highest BCUT2D eigenvalue weighted by molar-refractivity contribution is 6.14. The lowest BCUT2D eigenvalue weighted by Gasteiger charge is -2.38. The minimum atomic E-state index is -1.17. The number of hydrogen-bond donors (Lipinski definition) is 3. The Morgan fingerprint density at radius 2 is 1.77 bits per heavy atom. The van der Waals surface area contributed by atoms with Crippen molar-refractivity contribution >= 4 is 35.7 Å². The molecule has 1 saturated heterocycles. The van der Waals surface area contributed by atoms with Gasteiger partial charge in [-0.2, -0.15) is 5.10 Å². The second-order valence-corrected chi connectivity index (χ2v) is 10.6. The molecule has 4 rings (SSSR count). The van der Waals surface area contributed by atoms with Crippen LogP contribution in [-0.4, -0.2) is 65.6 Å². The van der Waals surface area contributed by atoms with Crippen molar-refractivity contribution in [2.45, 2.75) is 57.8 Å². The number of ether oxygens (including phenoxy) is 1. The molecule has 3 atom stereocenters. The van der Waals surface area contributed by atoms with E-state index >= 15 is 0 Å². The molecule has 2 aliphatic heterocycles. The van der Waals surface area contributed by atoms with Crippen molar-refractivity contribution in [3.63, 3.8) is 0 Å². The predicted octanol–water partition coefficient (Wildman–Crippen LogP) is 2.23. The SMILES string of the molecule is CCN1N=C2CNC(C(=O)[C@@H](COCc3ccccc3)NC(=O)C(C)(C)N)C[C@@]2(Cc2ccccc2)C1=O.Cl. The summed E-state index contributed by atoms with van der Waals surface area (Å²) in [5.41, 5.74) is 6.61. The number of nitrogens with one attached hydrogen (secondary N) is 2. The quantitative estimate of drug-likeness (QED) is 0.390. The second-order valence-electron chi connectivity index (χ2n) is 10.6. The molecule has 2 heterocycles. The van der Waals surface area contributed by atoms with Crippen LogP contribution in [0.1, 0.15) is 38.3 Å². The van der Waals surface area contributed by atoms with Crippen LogP contribution in [0.4, 0.5) is 0 Å². The van der Waals surface area contributed by atoms with E-state index in [0.29, 0.717) is 26.1 Å². The van der Waals surface area contributed by atoms with Crippen LogP contribution in [0, 0.1) is 5.41 Å². The van der Waals surface area contributed by atoms with Crippen molar-refractivity contribution in [2.75, 3.05) is 19.7 Å². The summed E-state index contributed by atoms with van der Waals surface area (Å²) in [5.74, 6) is -0.794. The fraction of sp³-hybridized carbons (Fsp3) is 0.448. The molecule has 210 valence electrons. The molecule has 10 heteroatoms. The number of nitrogens with two attached hydrogens (primary N) is 1. The third-order valence-electron chi connectivity index (χ3n) is 7.13. The zero-order chi connectivity index (χ0) is 27.3. The Morgan fingerprint density at radius 1 is 1.15 bits per heavy atom. The third kappa shape index (κ3) is 6.91. The van der Waals surface area contributed by atoms with E-state index in [1.54, 1.807) is 13.8 Å². The number of fused-ring (bicyclic) bond motifs is 1. The van der Waals surface area contributed by atoms with Gasteiger partial charge in [-0.05, 0) is 44.7 Å². The van der Waals surface area contributed by atoms with Crippen molar-refractivity contribution in [3.05, 3.63) is 71.8 Å². The number of nitrogens with zero attached hydrogens (tertiary/aromatic N) is 2. The number of benzene rings is 2. The molecule has 2 amide bonds. The highest BCUT2D eigenvalue weighted by Gasteiger charge is 2.55. The molecule has 9 nitrogen and oxygen atoms in total. The first kappa shape index (κ1) is 30.4. The van der Waals surface area contributed by atoms with Crippen LogP contribution in [0.5, 0.6) is 0 Å². The van der Waals surface area contributed by atoms with Crippen LogP contribution < -0.4 is 16.4 Å². The largest absolute Gasteiger partial charge is 0.374 e. The highest BCUT2D eigenvalue weighted by Crippen LogP contribution is 2.40. The lowest BCUT2D eigenvalue weighted by molar-refractivity contribution is -0.138. The van der Waals surface area contributed by atoms with Crippen molar-refractivity contribution in [2.24, 2.45) is 16.3 Å². The minimum absolute atomic E-state index is 0. The van der Waals surface area contributed by atoms with E-state index in [-0.39, 0.29) is 37.1 Å². The zero-order valence-corrected chi connectivity index (χ0v) is 23.5. The Labute approximate surface area is 235 Å². The summed E-state index contributed by atoms with van der Waals surface area (Å²) in [7, 11) is 0. The number of Topliss-reactive ketones (excluding diaryl/α,β-unsaturated/α-hetero) is 1. The fourth-order valence-electron chi connectivity index (χ4n) is 4.97. The number of hydrogen-bond acceptors (Lipinski definition) is 7. The van der Waals surface area contributed by atoms with Crippen molar-refractivity contribution in [1.29, 1.82) is 0 Å². The topological polar surface area (TPSA) is 126 Å². The molecule has 0 saturated carbocycles. The van der Waals surface area contributed by atoms with Crippen LogP contribution in [0.3, 0.4) is 0 Å². The van der Waals surface area contributed by atoms with Gasteiger partial charge in [-0.1, -0.05) is 60.7 Å². The van der Waals surface area contributed by atoms with E-state index in [4.69, 9.17) is 10.5 Å². The summed E-state index contributed by atoms with van der Waals surface area (Å²) >= 11 is 0. The van der Waals surface area contributed by atoms with Gasteiger partial charge in [-0.15, -0.1) is 12.4 Å². The summed E-state index contributed by atoms with van der Waals surface area (Å²) in [6, 6.07) is 17.8. The van der Waals surface area contributed by atoms with Gasteiger partial charge in [0.2, 0.25) is 5.91 Å². The second kappa shape index (κ2) is 12.8. The van der Waals surface area contributed by atoms with Crippen LogP contribution in [0.2, 0.25) is 0 Å². The van der Waals surface area contributed by atoms with E-state index in [0.717, 1.165) is 16.8 Å². The van der Waals surface area contributed by atoms with E-state index in [1.807, 2.05) is 67.6 Å². The Bertz CT molecular complexity index is 1190. The molecule has 0 bridgehead atoms. The van der Waals surface area contributed by atoms with Crippen LogP contribution in [-0.2, 0) is 32.1 Å². The maximum absolute atomic E-state index is 13.9. The molecule has 39 heavy (non-hydrogen) atoms. The van der Waals surface area contributed by atoms with E-state index in [2.05, 4.69) is 15.7 Å². The first-order valence-electron chi connectivity index (χ1n) is 13.1. The molecule has 2 aliphatic rings. The summed E-state index contributed by atoms with van der Waals surface area (Å²) < 4.78 is 5.87. The number of amides is 2. The Balaban J connectivity index is 0.00000420. The summed E-state index contributed by atoms with van der Waals surface area (Å²) in [6.45, 7) is 6.09. The Kier molecular flexibility index (Phi) is 10.0. The predicted molar refractivity (Wildman–Crippen MR) is 152 cm³/mol. The van der Waals surface area contributed by atoms with Crippen molar-refractivity contribution < 1.29 is 19.1 Å². The van der Waals surface area contributed by atoms with Gasteiger partial charge in [-0.3, -0.25) is 14.4 Å². The number of carbonyl (C=O) groups excluding carboxylic acids is 3. The van der Waals surface area contributed by atoms with Crippen LogP contribution in [0.15, 0.2) is 65.8 Å². The van der Waals surface area contributed by atoms with E-state index in [9.17, 15) is 14.4 Å². The lowest BCUT2D eigenvalue weighted by atomic mass is 9.69. The molecular weight excluding hydrogens is 518 g/mol. The molecule has 2 aromatic carbocycles. The van der Waals surface area contributed by atoms with Gasteiger partial charge in [0.05, 0.1) is 35.9 Å². The lowest BCUT2D eigenvalue weighted by Crippen LogP contribution is -2.62. The van der Waals surface area contributed by atoms with Gasteiger partial charge in [0.1, 0.15) is 6.04 Å². The number of halogens is 1. The fourth-order valence-corrected chi connectivity index (χ4v) is 4.97. The van der Waals surface area contributed by atoms with Crippen LogP contribution in [0.25, 0.3) is 0 Å². The Hall–Kier alpha value is -3.11. The average molecular weight is 556 g/mol. The summed E-state index contributed by atoms with van der Waals surface area (Å²) in [4.78, 5) is 40.3. The van der Waals surface area contributed by atoms with Gasteiger partial charge in [-0.25, -0.2) is 5.01 Å². The number of carbonyl (C=O) groups is 3. The molecule has 0 radical (unpaired) electrons. The standard InChI is InChI=1S/C29H37N5O4.ClH/c1-4-34-27(37)29(15-20-11-7-5-8-12-20)16-22(31-17-24(29)33-34)25(35)23(32-26(36)28(2,3)30)19-38-18-21-13-9-6-10-14-21;/h5-14,22-23,31H,4,15-19,30H2,1-3H3,(H,32,36);1H/t22?,23-,29-;/m1./s1. The average Bonchev–Trinajstić information content (AvgIpc) is 3.18. The summed E-state index contributed by atoms with van der Waals surface area (Å²) in [6.07, 6.45) is 0.691. The molecule has 2 aromatic rings. The number of hydrazone groups is 1. The Morgan fingerprint density at radius 3 is 2.36 bits per heavy atom. The molecular formula is C29H38ClN5O4. The first-order chi connectivity index (χ1) is 18.1. The number of piperidine rings is 1. The molecule has 4 N–H and O–H groups in total. The summed E-state index contributed by atoms with van der Waals surface area (Å²) in [5, 5.41) is 12.1. The van der Waals surface area contributed by atoms with Crippen molar-refractivity contribution in [3.8, 4) is 0 Å². The molecule has 0 aliphatic carbocycles. The van der Waals surface area contributed by atoms with Gasteiger partial charge < -0.3 is 21.1 Å². The van der Waals surface area contributed by atoms with E-state index in [1.165, 1.54) is 5.01 Å². The first-order valence-corrected chi connectivity index (χ1v) is 13.1. The molecule has 1 fully saturated rings. The highest BCUT2D eigenvalue weighted by atomic mass is 35.5. The number of rotatable bonds is 11. The van der Waals surface area contributed by atoms with E-state index < -0.39 is 28.9 Å². The molecule has 0 spiro atoms. The van der Waals surface area contributed by atoms with Gasteiger partial charge in [0, 0.05) is 13.1 Å². The molecule has 1 unspecified atom stereocenters. The third-order valence-corrected chi connectivity index (χ3v) is 7.13. The van der Waals surface area contributed by atoms with Gasteiger partial charge in [0.15, 0.2) is 5.78 Å². The van der Waals surface area contributed by atoms with Crippen LogP contribution >= 0.6 is 12.4 Å². The maximum atomic E-state index is 13.9. The molecule has 0 aromatic heterocycles. The zero-order valence-electron chi connectivity index (χ0n) is 22.7. The minimum Gasteiger partial charge on any atom is -0.374 e. The van der Waals surface area contributed by atoms with Crippen molar-refractivity contribution in [1.82, 2.24) is 15.6 Å². The number of ketones is 1. The smallest absolute Gasteiger partial charge is 0.255 e. The maximum Gasteiger partial charge on any atom is 0.255 e. The van der Waals surface area contributed by atoms with Gasteiger partial charge in [0.25, 0.3) is 5.91 Å². The monoisotopic (exact) mass is 555 g/mol. The van der Waals surface area contributed by atoms with Gasteiger partial charge >= 0.3 is 0 Å². The normalized spacial score (nSPS) is 21.4.